The minimum atomic E-state index is -1.31. The fourth-order valence-corrected chi connectivity index (χ4v) is 2.67. The number of ketones is 1. The smallest absolute Gasteiger partial charge is 0.338 e. The van der Waals surface area contributed by atoms with Gasteiger partial charge in [-0.15, -0.1) is 0 Å². The molecule has 0 aliphatic rings. The lowest BCUT2D eigenvalue weighted by atomic mass is 9.97. The van der Waals surface area contributed by atoms with Gasteiger partial charge >= 0.3 is 5.97 Å². The van der Waals surface area contributed by atoms with Gasteiger partial charge in [-0.2, -0.15) is 9.97 Å². The van der Waals surface area contributed by atoms with Crippen molar-refractivity contribution >= 4 is 23.4 Å². The van der Waals surface area contributed by atoms with Crippen LogP contribution in [0.3, 0.4) is 0 Å². The molecule has 2 heterocycles. The number of aromatic nitrogens is 3. The van der Waals surface area contributed by atoms with Crippen molar-refractivity contribution in [2.45, 2.75) is 0 Å². The number of hydrogen-bond donors (Lipinski definition) is 1. The van der Waals surface area contributed by atoms with Crippen molar-refractivity contribution in [3.63, 3.8) is 0 Å². The summed E-state index contributed by atoms with van der Waals surface area (Å²) in [5.74, 6) is -2.18. The van der Waals surface area contributed by atoms with Crippen LogP contribution in [0.1, 0.15) is 26.7 Å². The first-order valence-corrected chi connectivity index (χ1v) is 8.32. The van der Waals surface area contributed by atoms with E-state index >= 15 is 0 Å². The Morgan fingerprint density at radius 1 is 1.00 bits per heavy atom. The number of ether oxygens (including phenoxy) is 2. The number of pyridine rings is 1. The number of methoxy groups -OCH3 is 2. The molecule has 9 heteroatoms. The minimum absolute atomic E-state index is 0.0981. The van der Waals surface area contributed by atoms with Gasteiger partial charge < -0.3 is 14.6 Å². The van der Waals surface area contributed by atoms with Gasteiger partial charge in [0.1, 0.15) is 5.69 Å². The highest BCUT2D eigenvalue weighted by Crippen LogP contribution is 2.28. The Bertz CT molecular complexity index is 1030. The summed E-state index contributed by atoms with van der Waals surface area (Å²) in [7, 11) is 2.75. The molecule has 1 aromatic carbocycles. The van der Waals surface area contributed by atoms with Crippen molar-refractivity contribution in [1.29, 1.82) is 0 Å². The molecule has 28 heavy (non-hydrogen) atoms. The van der Waals surface area contributed by atoms with Gasteiger partial charge in [-0.3, -0.25) is 9.78 Å². The zero-order chi connectivity index (χ0) is 20.3. The van der Waals surface area contributed by atoms with Crippen molar-refractivity contribution in [2.75, 3.05) is 14.2 Å². The van der Waals surface area contributed by atoms with Crippen molar-refractivity contribution in [2.24, 2.45) is 0 Å². The summed E-state index contributed by atoms with van der Waals surface area (Å²) in [6.07, 6.45) is 1.35. The van der Waals surface area contributed by atoms with E-state index in [1.165, 1.54) is 32.5 Å². The molecule has 0 fully saturated rings. The summed E-state index contributed by atoms with van der Waals surface area (Å²) >= 11 is 5.90. The number of carboxylic acid groups (broad SMARTS) is 1. The van der Waals surface area contributed by atoms with Crippen LogP contribution in [0.4, 0.5) is 0 Å². The summed E-state index contributed by atoms with van der Waals surface area (Å²) < 4.78 is 10.1. The van der Waals surface area contributed by atoms with Crippen LogP contribution in [-0.4, -0.2) is 46.0 Å². The molecule has 1 N–H and O–H groups in total. The second kappa shape index (κ2) is 8.01. The van der Waals surface area contributed by atoms with Gasteiger partial charge in [0.2, 0.25) is 23.4 Å². The number of carboxylic acids is 1. The Morgan fingerprint density at radius 3 is 2.14 bits per heavy atom. The van der Waals surface area contributed by atoms with Gasteiger partial charge in [-0.05, 0) is 23.8 Å². The van der Waals surface area contributed by atoms with Gasteiger partial charge in [0.05, 0.1) is 25.8 Å². The van der Waals surface area contributed by atoms with E-state index in [-0.39, 0.29) is 28.8 Å². The van der Waals surface area contributed by atoms with Crippen LogP contribution in [0.15, 0.2) is 42.6 Å². The lowest BCUT2D eigenvalue weighted by molar-refractivity contribution is 0.0692. The van der Waals surface area contributed by atoms with E-state index in [0.717, 1.165) is 0 Å². The predicted molar refractivity (Wildman–Crippen MR) is 100 cm³/mol. The van der Waals surface area contributed by atoms with Gasteiger partial charge in [0.25, 0.3) is 0 Å². The fourth-order valence-electron chi connectivity index (χ4n) is 2.54. The Hall–Kier alpha value is -3.52. The van der Waals surface area contributed by atoms with Crippen molar-refractivity contribution in [3.8, 4) is 22.9 Å². The molecule has 0 saturated carbocycles. The predicted octanol–water partition coefficient (Wildman–Crippen LogP) is 3.14. The molecule has 0 aliphatic heterocycles. The highest BCUT2D eigenvalue weighted by atomic mass is 35.5. The van der Waals surface area contributed by atoms with E-state index in [2.05, 4.69) is 15.0 Å². The number of hydrogen-bond acceptors (Lipinski definition) is 7. The van der Waals surface area contributed by atoms with Crippen LogP contribution < -0.4 is 9.47 Å². The van der Waals surface area contributed by atoms with Gasteiger partial charge in [-0.25, -0.2) is 4.79 Å². The molecular weight excluding hydrogens is 386 g/mol. The van der Waals surface area contributed by atoms with E-state index < -0.39 is 11.8 Å². The molecular formula is C19H14ClN3O5. The number of carbonyl (C=O) groups excluding carboxylic acids is 1. The third-order valence-electron chi connectivity index (χ3n) is 3.84. The average Bonchev–Trinajstić information content (AvgIpc) is 2.72. The molecule has 8 nitrogen and oxygen atoms in total. The molecule has 0 unspecified atom stereocenters. The van der Waals surface area contributed by atoms with E-state index in [0.29, 0.717) is 16.1 Å². The Morgan fingerprint density at radius 2 is 1.61 bits per heavy atom. The number of carbonyl (C=O) groups is 2. The molecule has 0 radical (unpaired) electrons. The maximum Gasteiger partial charge on any atom is 0.338 e. The van der Waals surface area contributed by atoms with Gasteiger partial charge in [-0.1, -0.05) is 23.7 Å². The molecule has 3 aromatic rings. The second-order valence-electron chi connectivity index (χ2n) is 5.50. The van der Waals surface area contributed by atoms with E-state index in [9.17, 15) is 14.7 Å². The van der Waals surface area contributed by atoms with Crippen LogP contribution in [0, 0.1) is 0 Å². The highest BCUT2D eigenvalue weighted by Gasteiger charge is 2.26. The third kappa shape index (κ3) is 3.77. The Kier molecular flexibility index (Phi) is 5.51. The molecule has 0 bridgehead atoms. The molecule has 0 aliphatic carbocycles. The number of rotatable bonds is 6. The molecule has 3 rings (SSSR count). The lowest BCUT2D eigenvalue weighted by Gasteiger charge is -2.11. The minimum Gasteiger partial charge on any atom is -0.481 e. The maximum absolute atomic E-state index is 13.0. The van der Waals surface area contributed by atoms with Crippen LogP contribution in [0.25, 0.3) is 11.1 Å². The Balaban J connectivity index is 2.17. The third-order valence-corrected chi connectivity index (χ3v) is 4.09. The SMILES string of the molecule is COc1cc(OC)nc(C(=O)c2nccc(-c3ccc(Cl)cc3)c2C(=O)O)n1. The van der Waals surface area contributed by atoms with Crippen molar-refractivity contribution in [1.82, 2.24) is 15.0 Å². The quantitative estimate of drug-likeness (QED) is 0.629. The van der Waals surface area contributed by atoms with Crippen LogP contribution in [0.2, 0.25) is 5.02 Å². The van der Waals surface area contributed by atoms with Crippen molar-refractivity contribution in [3.05, 3.63) is 64.7 Å². The summed E-state index contributed by atoms with van der Waals surface area (Å²) in [6, 6.07) is 9.47. The van der Waals surface area contributed by atoms with Gasteiger partial charge in [0, 0.05) is 16.8 Å². The summed E-state index contributed by atoms with van der Waals surface area (Å²) in [4.78, 5) is 36.8. The maximum atomic E-state index is 13.0. The second-order valence-corrected chi connectivity index (χ2v) is 5.94. The lowest BCUT2D eigenvalue weighted by Crippen LogP contribution is -2.16. The van der Waals surface area contributed by atoms with Crippen LogP contribution >= 0.6 is 11.6 Å². The zero-order valence-corrected chi connectivity index (χ0v) is 15.6. The summed E-state index contributed by atoms with van der Waals surface area (Å²) in [6.45, 7) is 0. The summed E-state index contributed by atoms with van der Waals surface area (Å²) in [5, 5.41) is 10.3. The largest absolute Gasteiger partial charge is 0.481 e. The normalized spacial score (nSPS) is 10.4. The molecule has 2 aromatic heterocycles. The van der Waals surface area contributed by atoms with Gasteiger partial charge in [0.15, 0.2) is 0 Å². The summed E-state index contributed by atoms with van der Waals surface area (Å²) in [5.41, 5.74) is 0.329. The average molecular weight is 400 g/mol. The first-order chi connectivity index (χ1) is 13.4. The van der Waals surface area contributed by atoms with Crippen molar-refractivity contribution < 1.29 is 24.2 Å². The highest BCUT2D eigenvalue weighted by molar-refractivity contribution is 6.30. The topological polar surface area (TPSA) is 112 Å². The number of benzene rings is 1. The number of aromatic carboxylic acids is 1. The van der Waals surface area contributed by atoms with Crippen LogP contribution in [-0.2, 0) is 0 Å². The van der Waals surface area contributed by atoms with Crippen LogP contribution in [0.5, 0.6) is 11.8 Å². The van der Waals surface area contributed by atoms with E-state index in [4.69, 9.17) is 21.1 Å². The number of nitrogens with zero attached hydrogens (tertiary/aromatic N) is 3. The standard InChI is InChI=1S/C19H14ClN3O5/c1-27-13-9-14(28-2)23-18(22-13)17(24)16-15(19(25)26)12(7-8-21-16)10-3-5-11(20)6-4-10/h3-9H,1-2H3,(H,25,26). The molecule has 0 atom stereocenters. The first kappa shape index (κ1) is 19.2. The fraction of sp³-hybridized carbons (Fsp3) is 0.105. The number of halogens is 1. The Labute approximate surface area is 164 Å². The monoisotopic (exact) mass is 399 g/mol. The van der Waals surface area contributed by atoms with E-state index in [1.54, 1.807) is 24.3 Å². The molecule has 0 saturated heterocycles. The molecule has 0 spiro atoms. The zero-order valence-electron chi connectivity index (χ0n) is 14.8. The first-order valence-electron chi connectivity index (χ1n) is 7.94. The van der Waals surface area contributed by atoms with E-state index in [1.807, 2.05) is 0 Å². The molecule has 142 valence electrons. The molecule has 0 amide bonds.